The van der Waals surface area contributed by atoms with Crippen LogP contribution >= 0.6 is 11.8 Å². The first-order valence-electron chi connectivity index (χ1n) is 9.93. The van der Waals surface area contributed by atoms with E-state index in [4.69, 9.17) is 5.84 Å². The van der Waals surface area contributed by atoms with Gasteiger partial charge in [0.05, 0.1) is 5.25 Å². The van der Waals surface area contributed by atoms with E-state index in [0.29, 0.717) is 11.0 Å². The Kier molecular flexibility index (Phi) is 6.22. The molecule has 1 heterocycles. The van der Waals surface area contributed by atoms with Gasteiger partial charge in [-0.05, 0) is 42.9 Å². The van der Waals surface area contributed by atoms with Gasteiger partial charge in [0, 0.05) is 11.3 Å². The van der Waals surface area contributed by atoms with Crippen LogP contribution in [0.25, 0.3) is 11.4 Å². The molecule has 2 aromatic carbocycles. The van der Waals surface area contributed by atoms with Crippen molar-refractivity contribution >= 4 is 23.4 Å². The van der Waals surface area contributed by atoms with Crippen LogP contribution in [0.4, 0.5) is 5.69 Å². The molecule has 0 saturated carbocycles. The minimum absolute atomic E-state index is 0.0776. The molecule has 0 radical (unpaired) electrons. The van der Waals surface area contributed by atoms with E-state index in [1.165, 1.54) is 22.0 Å². The summed E-state index contributed by atoms with van der Waals surface area (Å²) in [7, 11) is 0. The lowest BCUT2D eigenvalue weighted by Crippen LogP contribution is -2.24. The fourth-order valence-electron chi connectivity index (χ4n) is 3.12. The standard InChI is InChI=1S/C23H29N5OS/c1-14-8-7-9-15(2)19(14)25-21(29)16(3)30-22-27-26-20(28(22)24)17-10-12-18(13-11-17)23(4,5)6/h7-13,16H,24H2,1-6H3,(H,25,29)/t16-/m0/s1. The number of carbonyl (C=O) groups excluding carboxylic acids is 1. The van der Waals surface area contributed by atoms with Crippen LogP contribution in [0.5, 0.6) is 0 Å². The number of anilines is 1. The smallest absolute Gasteiger partial charge is 0.237 e. The average Bonchev–Trinajstić information content (AvgIpc) is 3.04. The van der Waals surface area contributed by atoms with E-state index in [2.05, 4.69) is 48.4 Å². The summed E-state index contributed by atoms with van der Waals surface area (Å²) < 4.78 is 1.44. The Bertz CT molecular complexity index is 1030. The van der Waals surface area contributed by atoms with Crippen LogP contribution in [0.1, 0.15) is 44.4 Å². The molecule has 3 rings (SSSR count). The van der Waals surface area contributed by atoms with Crippen molar-refractivity contribution in [2.45, 2.75) is 57.4 Å². The van der Waals surface area contributed by atoms with E-state index >= 15 is 0 Å². The molecule has 0 fully saturated rings. The number of carbonyl (C=O) groups is 1. The molecule has 0 unspecified atom stereocenters. The van der Waals surface area contributed by atoms with Gasteiger partial charge in [0.2, 0.25) is 11.1 Å². The fraction of sp³-hybridized carbons (Fsp3) is 0.348. The Hall–Kier alpha value is -2.80. The van der Waals surface area contributed by atoms with E-state index in [1.54, 1.807) is 0 Å². The number of nitrogen functional groups attached to an aromatic ring is 1. The van der Waals surface area contributed by atoms with Gasteiger partial charge in [-0.2, -0.15) is 0 Å². The molecule has 0 aliphatic carbocycles. The number of para-hydroxylation sites is 1. The first-order valence-corrected chi connectivity index (χ1v) is 10.8. The third kappa shape index (κ3) is 4.67. The summed E-state index contributed by atoms with van der Waals surface area (Å²) >= 11 is 1.28. The maximum atomic E-state index is 12.7. The minimum Gasteiger partial charge on any atom is -0.335 e. The molecule has 3 N–H and O–H groups in total. The Morgan fingerprint density at radius 2 is 1.67 bits per heavy atom. The van der Waals surface area contributed by atoms with Gasteiger partial charge in [-0.15, -0.1) is 10.2 Å². The lowest BCUT2D eigenvalue weighted by Gasteiger charge is -2.19. The van der Waals surface area contributed by atoms with E-state index in [1.807, 2.05) is 51.1 Å². The molecular weight excluding hydrogens is 394 g/mol. The quantitative estimate of drug-likeness (QED) is 0.459. The number of thioether (sulfide) groups is 1. The van der Waals surface area contributed by atoms with Gasteiger partial charge in [0.15, 0.2) is 5.82 Å². The maximum Gasteiger partial charge on any atom is 0.237 e. The first kappa shape index (κ1) is 21.9. The summed E-state index contributed by atoms with van der Waals surface area (Å²) in [6, 6.07) is 14.1. The number of aromatic nitrogens is 3. The van der Waals surface area contributed by atoms with Crippen molar-refractivity contribution < 1.29 is 4.79 Å². The summed E-state index contributed by atoms with van der Waals surface area (Å²) in [5, 5.41) is 11.6. The van der Waals surface area contributed by atoms with Gasteiger partial charge in [-0.1, -0.05) is 75.0 Å². The number of nitrogens with zero attached hydrogens (tertiary/aromatic N) is 3. The number of hydrogen-bond acceptors (Lipinski definition) is 5. The normalized spacial score (nSPS) is 12.6. The number of nitrogens with one attached hydrogen (secondary N) is 1. The van der Waals surface area contributed by atoms with Gasteiger partial charge >= 0.3 is 0 Å². The molecule has 6 nitrogen and oxygen atoms in total. The third-order valence-electron chi connectivity index (χ3n) is 5.05. The largest absolute Gasteiger partial charge is 0.335 e. The number of rotatable bonds is 5. The Morgan fingerprint density at radius 1 is 1.07 bits per heavy atom. The van der Waals surface area contributed by atoms with Crippen LogP contribution < -0.4 is 11.2 Å². The van der Waals surface area contributed by atoms with Crippen LogP contribution in [0.2, 0.25) is 0 Å². The van der Waals surface area contributed by atoms with Crippen LogP contribution in [-0.2, 0) is 10.2 Å². The van der Waals surface area contributed by atoms with Gasteiger partial charge < -0.3 is 11.2 Å². The van der Waals surface area contributed by atoms with Crippen LogP contribution in [-0.4, -0.2) is 26.0 Å². The van der Waals surface area contributed by atoms with Gasteiger partial charge in [-0.3, -0.25) is 4.79 Å². The average molecular weight is 424 g/mol. The van der Waals surface area contributed by atoms with Crippen molar-refractivity contribution in [3.8, 4) is 11.4 Å². The third-order valence-corrected chi connectivity index (χ3v) is 6.11. The monoisotopic (exact) mass is 423 g/mol. The molecule has 7 heteroatoms. The molecule has 0 aliphatic heterocycles. The Morgan fingerprint density at radius 3 is 2.23 bits per heavy atom. The second-order valence-electron chi connectivity index (χ2n) is 8.52. The van der Waals surface area contributed by atoms with Crippen molar-refractivity contribution in [1.82, 2.24) is 14.9 Å². The topological polar surface area (TPSA) is 85.8 Å². The number of aryl methyl sites for hydroxylation is 2. The van der Waals surface area contributed by atoms with Crippen LogP contribution in [0.15, 0.2) is 47.6 Å². The molecule has 1 aromatic heterocycles. The second-order valence-corrected chi connectivity index (χ2v) is 9.83. The van der Waals surface area contributed by atoms with Crippen molar-refractivity contribution in [2.75, 3.05) is 11.2 Å². The van der Waals surface area contributed by atoms with Gasteiger partial charge in [-0.25, -0.2) is 4.68 Å². The number of amides is 1. The SMILES string of the molecule is Cc1cccc(C)c1NC(=O)[C@H](C)Sc1nnc(-c2ccc(C(C)(C)C)cc2)n1N. The summed E-state index contributed by atoms with van der Waals surface area (Å²) in [6.07, 6.45) is 0. The zero-order valence-corrected chi connectivity index (χ0v) is 19.2. The van der Waals surface area contributed by atoms with E-state index in [9.17, 15) is 4.79 Å². The zero-order valence-electron chi connectivity index (χ0n) is 18.4. The van der Waals surface area contributed by atoms with Crippen molar-refractivity contribution in [3.05, 3.63) is 59.2 Å². The maximum absolute atomic E-state index is 12.7. The zero-order chi connectivity index (χ0) is 22.1. The molecule has 30 heavy (non-hydrogen) atoms. The van der Waals surface area contributed by atoms with Crippen molar-refractivity contribution in [1.29, 1.82) is 0 Å². The lowest BCUT2D eigenvalue weighted by atomic mass is 9.87. The number of hydrogen-bond donors (Lipinski definition) is 2. The molecule has 0 spiro atoms. The molecule has 3 aromatic rings. The number of nitrogens with two attached hydrogens (primary N) is 1. The molecule has 1 atom stereocenters. The second kappa shape index (κ2) is 8.52. The molecule has 158 valence electrons. The molecule has 0 aliphatic rings. The summed E-state index contributed by atoms with van der Waals surface area (Å²) in [6.45, 7) is 12.3. The number of benzene rings is 2. The summed E-state index contributed by atoms with van der Waals surface area (Å²) in [5.41, 5.74) is 5.11. The van der Waals surface area contributed by atoms with Crippen LogP contribution in [0.3, 0.4) is 0 Å². The lowest BCUT2D eigenvalue weighted by molar-refractivity contribution is -0.115. The van der Waals surface area contributed by atoms with Crippen LogP contribution in [0, 0.1) is 13.8 Å². The predicted molar refractivity (Wildman–Crippen MR) is 124 cm³/mol. The molecule has 1 amide bonds. The molecular formula is C23H29N5OS. The van der Waals surface area contributed by atoms with Crippen molar-refractivity contribution in [3.63, 3.8) is 0 Å². The highest BCUT2D eigenvalue weighted by molar-refractivity contribution is 8.00. The van der Waals surface area contributed by atoms with E-state index in [-0.39, 0.29) is 16.6 Å². The molecule has 0 saturated heterocycles. The minimum atomic E-state index is -0.383. The fourth-order valence-corrected chi connectivity index (χ4v) is 3.89. The first-order chi connectivity index (χ1) is 14.1. The van der Waals surface area contributed by atoms with Gasteiger partial charge in [0.25, 0.3) is 0 Å². The van der Waals surface area contributed by atoms with Crippen molar-refractivity contribution in [2.24, 2.45) is 0 Å². The van der Waals surface area contributed by atoms with E-state index < -0.39 is 0 Å². The Labute approximate surface area is 182 Å². The van der Waals surface area contributed by atoms with Gasteiger partial charge in [0.1, 0.15) is 0 Å². The Balaban J connectivity index is 1.73. The summed E-state index contributed by atoms with van der Waals surface area (Å²) in [4.78, 5) is 12.7. The highest BCUT2D eigenvalue weighted by Crippen LogP contribution is 2.28. The molecule has 0 bridgehead atoms. The summed E-state index contributed by atoms with van der Waals surface area (Å²) in [5.74, 6) is 6.72. The highest BCUT2D eigenvalue weighted by Gasteiger charge is 2.21. The highest BCUT2D eigenvalue weighted by atomic mass is 32.2. The van der Waals surface area contributed by atoms with E-state index in [0.717, 1.165) is 22.4 Å². The predicted octanol–water partition coefficient (Wildman–Crippen LogP) is 4.69.